The molecule has 110 valence electrons. The quantitative estimate of drug-likeness (QED) is 0.631. The number of amides is 1. The summed E-state index contributed by atoms with van der Waals surface area (Å²) in [6.07, 6.45) is 6.53. The number of hydrogen-bond acceptors (Lipinski definition) is 3. The second-order valence-corrected chi connectivity index (χ2v) is 5.14. The first-order chi connectivity index (χ1) is 9.99. The van der Waals surface area contributed by atoms with Gasteiger partial charge in [0.05, 0.1) is 12.2 Å². The van der Waals surface area contributed by atoms with Crippen molar-refractivity contribution in [3.8, 4) is 18.1 Å². The number of carbonyl (C=O) groups excluding carboxylic acids is 2. The smallest absolute Gasteiger partial charge is 0.272 e. The fraction of sp³-hybridized carbons (Fsp3) is 0.412. The number of carbonyl (C=O) groups is 2. The van der Waals surface area contributed by atoms with E-state index in [0.717, 1.165) is 0 Å². The normalized spacial score (nSPS) is 15.9. The molecule has 0 radical (unpaired) electrons. The minimum Gasteiger partial charge on any atom is -0.475 e. The van der Waals surface area contributed by atoms with E-state index >= 15 is 0 Å². The highest BCUT2D eigenvalue weighted by molar-refractivity contribution is 6.05. The number of benzene rings is 1. The Morgan fingerprint density at radius 2 is 2.05 bits per heavy atom. The van der Waals surface area contributed by atoms with Crippen LogP contribution in [0, 0.1) is 12.3 Å². The summed E-state index contributed by atoms with van der Waals surface area (Å²) >= 11 is 0. The lowest BCUT2D eigenvalue weighted by Crippen LogP contribution is -2.55. The second kappa shape index (κ2) is 5.61. The first-order valence-electron chi connectivity index (χ1n) is 7.08. The van der Waals surface area contributed by atoms with Crippen LogP contribution >= 0.6 is 0 Å². The summed E-state index contributed by atoms with van der Waals surface area (Å²) in [4.78, 5) is 25.8. The van der Waals surface area contributed by atoms with Gasteiger partial charge in [-0.3, -0.25) is 14.5 Å². The van der Waals surface area contributed by atoms with Crippen molar-refractivity contribution in [2.75, 3.05) is 11.4 Å². The lowest BCUT2D eigenvalue weighted by atomic mass is 9.92. The minimum atomic E-state index is -0.873. The van der Waals surface area contributed by atoms with Gasteiger partial charge in [-0.2, -0.15) is 0 Å². The lowest BCUT2D eigenvalue weighted by Gasteiger charge is -2.41. The Hall–Kier alpha value is -2.28. The Kier molecular flexibility index (Phi) is 4.04. The van der Waals surface area contributed by atoms with Gasteiger partial charge in [0.2, 0.25) is 0 Å². The van der Waals surface area contributed by atoms with Gasteiger partial charge in [0.1, 0.15) is 5.75 Å². The van der Waals surface area contributed by atoms with E-state index in [4.69, 9.17) is 11.2 Å². The highest BCUT2D eigenvalue weighted by atomic mass is 16.5. The first kappa shape index (κ1) is 15.1. The van der Waals surface area contributed by atoms with E-state index in [1.807, 2.05) is 13.8 Å². The molecule has 0 bridgehead atoms. The molecule has 1 aliphatic rings. The average molecular weight is 285 g/mol. The maximum Gasteiger partial charge on any atom is 0.272 e. The predicted octanol–water partition coefficient (Wildman–Crippen LogP) is 2.81. The summed E-state index contributed by atoms with van der Waals surface area (Å²) in [5.41, 5.74) is 0.234. The molecule has 0 spiro atoms. The van der Waals surface area contributed by atoms with Crippen molar-refractivity contribution in [1.29, 1.82) is 0 Å². The summed E-state index contributed by atoms with van der Waals surface area (Å²) in [7, 11) is 0. The van der Waals surface area contributed by atoms with Crippen LogP contribution in [-0.2, 0) is 4.79 Å². The molecule has 4 nitrogen and oxygen atoms in total. The SMILES string of the molecule is C#CCN1C(=O)C(CC)(CC)Oc2ccc(C(C)=O)cc21. The van der Waals surface area contributed by atoms with Crippen molar-refractivity contribution in [3.63, 3.8) is 0 Å². The van der Waals surface area contributed by atoms with E-state index in [1.54, 1.807) is 18.2 Å². The number of nitrogens with zero attached hydrogens (tertiary/aromatic N) is 1. The maximum absolute atomic E-state index is 12.8. The molecule has 4 heteroatoms. The zero-order valence-electron chi connectivity index (χ0n) is 12.6. The van der Waals surface area contributed by atoms with Crippen molar-refractivity contribution in [2.45, 2.75) is 39.2 Å². The highest BCUT2D eigenvalue weighted by Gasteiger charge is 2.45. The molecule has 0 aromatic heterocycles. The van der Waals surface area contributed by atoms with E-state index in [0.29, 0.717) is 29.8 Å². The van der Waals surface area contributed by atoms with Crippen molar-refractivity contribution >= 4 is 17.4 Å². The number of Topliss-reactive ketones (excluding diaryl/α,β-unsaturated/α-hetero) is 1. The zero-order valence-corrected chi connectivity index (χ0v) is 12.6. The number of terminal acetylenes is 1. The average Bonchev–Trinajstić information content (AvgIpc) is 2.49. The van der Waals surface area contributed by atoms with Crippen molar-refractivity contribution < 1.29 is 14.3 Å². The molecule has 0 saturated carbocycles. The minimum absolute atomic E-state index is 0.0614. The number of hydrogen-bond donors (Lipinski definition) is 0. The molecule has 21 heavy (non-hydrogen) atoms. The van der Waals surface area contributed by atoms with Crippen molar-refractivity contribution in [1.82, 2.24) is 0 Å². The van der Waals surface area contributed by atoms with Crippen LogP contribution in [0.15, 0.2) is 18.2 Å². The molecule has 0 N–H and O–H groups in total. The Bertz CT molecular complexity index is 623. The zero-order chi connectivity index (χ0) is 15.6. The van der Waals surface area contributed by atoms with Gasteiger partial charge in [-0.25, -0.2) is 0 Å². The Labute approximate surface area is 125 Å². The molecular weight excluding hydrogens is 266 g/mol. The Balaban J connectivity index is 2.59. The number of rotatable bonds is 4. The fourth-order valence-electron chi connectivity index (χ4n) is 2.59. The molecule has 1 aromatic rings. The van der Waals surface area contributed by atoms with E-state index < -0.39 is 5.60 Å². The number of anilines is 1. The topological polar surface area (TPSA) is 46.6 Å². The molecule has 1 aromatic carbocycles. The lowest BCUT2D eigenvalue weighted by molar-refractivity contribution is -0.136. The van der Waals surface area contributed by atoms with Crippen LogP contribution in [0.25, 0.3) is 0 Å². The van der Waals surface area contributed by atoms with Crippen LogP contribution < -0.4 is 9.64 Å². The largest absolute Gasteiger partial charge is 0.475 e. The van der Waals surface area contributed by atoms with E-state index in [-0.39, 0.29) is 18.2 Å². The summed E-state index contributed by atoms with van der Waals surface area (Å²) in [5, 5.41) is 0. The van der Waals surface area contributed by atoms with Crippen molar-refractivity contribution in [3.05, 3.63) is 23.8 Å². The van der Waals surface area contributed by atoms with Gasteiger partial charge in [-0.1, -0.05) is 19.8 Å². The van der Waals surface area contributed by atoms with Crippen LogP contribution in [0.2, 0.25) is 0 Å². The third-order valence-electron chi connectivity index (χ3n) is 3.99. The molecule has 1 aliphatic heterocycles. The van der Waals surface area contributed by atoms with Gasteiger partial charge in [-0.15, -0.1) is 6.42 Å². The molecule has 0 aliphatic carbocycles. The van der Waals surface area contributed by atoms with E-state index in [1.165, 1.54) is 11.8 Å². The Morgan fingerprint density at radius 1 is 1.38 bits per heavy atom. The first-order valence-corrected chi connectivity index (χ1v) is 7.08. The molecule has 0 saturated heterocycles. The Morgan fingerprint density at radius 3 is 2.57 bits per heavy atom. The third kappa shape index (κ3) is 2.40. The molecule has 0 atom stereocenters. The molecule has 2 rings (SSSR count). The van der Waals surface area contributed by atoms with E-state index in [9.17, 15) is 9.59 Å². The standard InChI is InChI=1S/C17H19NO3/c1-5-10-18-14-11-13(12(4)19)8-9-15(14)21-17(6-2,7-3)16(18)20/h1,8-9,11H,6-7,10H2,2-4H3. The maximum atomic E-state index is 12.8. The summed E-state index contributed by atoms with van der Waals surface area (Å²) in [5.74, 6) is 2.90. The fourth-order valence-corrected chi connectivity index (χ4v) is 2.59. The number of fused-ring (bicyclic) bond motifs is 1. The number of ketones is 1. The van der Waals surface area contributed by atoms with Gasteiger partial charge < -0.3 is 4.74 Å². The monoisotopic (exact) mass is 285 g/mol. The summed E-state index contributed by atoms with van der Waals surface area (Å²) in [6.45, 7) is 5.49. The van der Waals surface area contributed by atoms with Crippen LogP contribution in [0.4, 0.5) is 5.69 Å². The van der Waals surface area contributed by atoms with E-state index in [2.05, 4.69) is 5.92 Å². The summed E-state index contributed by atoms with van der Waals surface area (Å²) < 4.78 is 5.97. The molecule has 1 amide bonds. The number of ether oxygens (including phenoxy) is 1. The highest BCUT2D eigenvalue weighted by Crippen LogP contribution is 2.40. The summed E-state index contributed by atoms with van der Waals surface area (Å²) in [6, 6.07) is 5.12. The van der Waals surface area contributed by atoms with Crippen molar-refractivity contribution in [2.24, 2.45) is 0 Å². The van der Waals surface area contributed by atoms with Crippen LogP contribution in [0.5, 0.6) is 5.75 Å². The van der Waals surface area contributed by atoms with Gasteiger partial charge in [0.25, 0.3) is 5.91 Å². The third-order valence-corrected chi connectivity index (χ3v) is 3.99. The molecule has 0 fully saturated rings. The van der Waals surface area contributed by atoms with Gasteiger partial charge in [0.15, 0.2) is 11.4 Å². The van der Waals surface area contributed by atoms with Crippen LogP contribution in [0.1, 0.15) is 44.0 Å². The molecule has 1 heterocycles. The van der Waals surface area contributed by atoms with Crippen LogP contribution in [-0.4, -0.2) is 23.8 Å². The van der Waals surface area contributed by atoms with Gasteiger partial charge in [-0.05, 0) is 38.0 Å². The predicted molar refractivity (Wildman–Crippen MR) is 81.6 cm³/mol. The second-order valence-electron chi connectivity index (χ2n) is 5.14. The molecular formula is C17H19NO3. The van der Waals surface area contributed by atoms with Gasteiger partial charge >= 0.3 is 0 Å². The van der Waals surface area contributed by atoms with Gasteiger partial charge in [0, 0.05) is 5.56 Å². The van der Waals surface area contributed by atoms with Crippen LogP contribution in [0.3, 0.4) is 0 Å². The molecule has 0 unspecified atom stereocenters.